The number of aromatic nitrogens is 2. The number of aryl methyl sites for hydroxylation is 1. The van der Waals surface area contributed by atoms with Crippen molar-refractivity contribution in [3.05, 3.63) is 48.4 Å². The van der Waals surface area contributed by atoms with Crippen LogP contribution in [-0.4, -0.2) is 40.6 Å². The maximum absolute atomic E-state index is 12.3. The molecule has 0 spiro atoms. The number of carbonyl (C=O) groups is 1. The zero-order chi connectivity index (χ0) is 18.5. The van der Waals surface area contributed by atoms with Gasteiger partial charge in [-0.15, -0.1) is 0 Å². The first-order valence-electron chi connectivity index (χ1n) is 9.20. The van der Waals surface area contributed by atoms with Crippen molar-refractivity contribution in [3.63, 3.8) is 0 Å². The van der Waals surface area contributed by atoms with E-state index in [0.717, 1.165) is 18.8 Å². The summed E-state index contributed by atoms with van der Waals surface area (Å²) in [6.07, 6.45) is 6.25. The van der Waals surface area contributed by atoms with Gasteiger partial charge in [0, 0.05) is 19.4 Å². The summed E-state index contributed by atoms with van der Waals surface area (Å²) in [4.78, 5) is 18.9. The quantitative estimate of drug-likeness (QED) is 0.651. The van der Waals surface area contributed by atoms with Crippen LogP contribution in [0.1, 0.15) is 37.0 Å². The van der Waals surface area contributed by atoms with Gasteiger partial charge in [0.25, 0.3) is 0 Å². The van der Waals surface area contributed by atoms with Gasteiger partial charge in [0.05, 0.1) is 18.6 Å². The molecule has 142 valence electrons. The molecule has 27 heavy (non-hydrogen) atoms. The first-order chi connectivity index (χ1) is 13.3. The van der Waals surface area contributed by atoms with Crippen LogP contribution in [0.25, 0.3) is 11.6 Å². The summed E-state index contributed by atoms with van der Waals surface area (Å²) in [7, 11) is 0. The fraction of sp³-hybridized carbons (Fsp3) is 0.421. The monoisotopic (exact) mass is 370 g/mol. The van der Waals surface area contributed by atoms with Crippen molar-refractivity contribution < 1.29 is 18.2 Å². The number of rotatable bonds is 8. The number of furan rings is 2. The van der Waals surface area contributed by atoms with Gasteiger partial charge in [-0.3, -0.25) is 9.69 Å². The number of nitrogens with one attached hydrogen (secondary N) is 1. The molecule has 1 amide bonds. The first kappa shape index (κ1) is 17.5. The standard InChI is InChI=1S/C19H22N4O4/c24-17(7-8-18-21-19(22-27-18)16-6-4-12-26-16)20-13-14(15-5-3-11-25-15)23-9-1-2-10-23/h3-6,11-12,14H,1-2,7-10,13H2,(H,20,24). The zero-order valence-electron chi connectivity index (χ0n) is 15.0. The van der Waals surface area contributed by atoms with Gasteiger partial charge in [-0.1, -0.05) is 5.16 Å². The van der Waals surface area contributed by atoms with Crippen LogP contribution in [0.5, 0.6) is 0 Å². The molecule has 1 saturated heterocycles. The Morgan fingerprint density at radius 2 is 2.00 bits per heavy atom. The van der Waals surface area contributed by atoms with Crippen molar-refractivity contribution in [1.82, 2.24) is 20.4 Å². The Kier molecular flexibility index (Phi) is 5.34. The van der Waals surface area contributed by atoms with Crippen molar-refractivity contribution in [1.29, 1.82) is 0 Å². The third kappa shape index (κ3) is 4.28. The minimum absolute atomic E-state index is 0.0523. The van der Waals surface area contributed by atoms with Crippen molar-refractivity contribution in [2.75, 3.05) is 19.6 Å². The van der Waals surface area contributed by atoms with Gasteiger partial charge in [-0.25, -0.2) is 0 Å². The number of carbonyl (C=O) groups excluding carboxylic acids is 1. The van der Waals surface area contributed by atoms with E-state index in [2.05, 4.69) is 20.4 Å². The number of likely N-dealkylation sites (tertiary alicyclic amines) is 1. The van der Waals surface area contributed by atoms with Crippen LogP contribution in [0.3, 0.4) is 0 Å². The van der Waals surface area contributed by atoms with Crippen LogP contribution in [0, 0.1) is 0 Å². The molecular formula is C19H22N4O4. The topological polar surface area (TPSA) is 97.5 Å². The van der Waals surface area contributed by atoms with Gasteiger partial charge in [0.15, 0.2) is 5.76 Å². The number of hydrogen-bond donors (Lipinski definition) is 1. The molecule has 0 bridgehead atoms. The van der Waals surface area contributed by atoms with E-state index in [-0.39, 0.29) is 18.4 Å². The van der Waals surface area contributed by atoms with Gasteiger partial charge in [0.2, 0.25) is 17.6 Å². The maximum atomic E-state index is 12.3. The van der Waals surface area contributed by atoms with E-state index in [4.69, 9.17) is 13.4 Å². The summed E-state index contributed by atoms with van der Waals surface area (Å²) in [6.45, 7) is 2.57. The Morgan fingerprint density at radius 3 is 2.74 bits per heavy atom. The summed E-state index contributed by atoms with van der Waals surface area (Å²) in [6, 6.07) is 7.43. The minimum Gasteiger partial charge on any atom is -0.468 e. The highest BCUT2D eigenvalue weighted by Crippen LogP contribution is 2.25. The molecule has 1 atom stereocenters. The molecule has 3 aromatic rings. The smallest absolute Gasteiger partial charge is 0.238 e. The van der Waals surface area contributed by atoms with E-state index in [9.17, 15) is 4.79 Å². The van der Waals surface area contributed by atoms with Crippen molar-refractivity contribution >= 4 is 5.91 Å². The van der Waals surface area contributed by atoms with Crippen LogP contribution in [0.4, 0.5) is 0 Å². The highest BCUT2D eigenvalue weighted by atomic mass is 16.5. The molecule has 3 aromatic heterocycles. The lowest BCUT2D eigenvalue weighted by atomic mass is 10.2. The first-order valence-corrected chi connectivity index (χ1v) is 9.20. The molecule has 0 radical (unpaired) electrons. The van der Waals surface area contributed by atoms with Crippen LogP contribution in [0.2, 0.25) is 0 Å². The minimum atomic E-state index is -0.0523. The van der Waals surface area contributed by atoms with Crippen molar-refractivity contribution in [2.24, 2.45) is 0 Å². The summed E-state index contributed by atoms with van der Waals surface area (Å²) in [5.41, 5.74) is 0. The highest BCUT2D eigenvalue weighted by Gasteiger charge is 2.26. The lowest BCUT2D eigenvalue weighted by Crippen LogP contribution is -2.36. The third-order valence-electron chi connectivity index (χ3n) is 4.72. The molecule has 8 nitrogen and oxygen atoms in total. The summed E-state index contributed by atoms with van der Waals surface area (Å²) < 4.78 is 16.0. The van der Waals surface area contributed by atoms with E-state index in [0.29, 0.717) is 30.4 Å². The molecule has 4 heterocycles. The molecule has 1 fully saturated rings. The normalized spacial score (nSPS) is 15.9. The summed E-state index contributed by atoms with van der Waals surface area (Å²) >= 11 is 0. The molecule has 0 saturated carbocycles. The second kappa shape index (κ2) is 8.22. The van der Waals surface area contributed by atoms with Gasteiger partial charge in [-0.05, 0) is 50.2 Å². The van der Waals surface area contributed by atoms with Crippen molar-refractivity contribution in [2.45, 2.75) is 31.7 Å². The molecule has 8 heteroatoms. The Balaban J connectivity index is 1.28. The lowest BCUT2D eigenvalue weighted by Gasteiger charge is -2.25. The van der Waals surface area contributed by atoms with E-state index in [1.165, 1.54) is 12.8 Å². The Hall–Kier alpha value is -2.87. The average molecular weight is 370 g/mol. The summed E-state index contributed by atoms with van der Waals surface area (Å²) in [5, 5.41) is 6.87. The Labute approximate surface area is 156 Å². The van der Waals surface area contributed by atoms with E-state index in [1.54, 1.807) is 24.7 Å². The molecular weight excluding hydrogens is 348 g/mol. The Morgan fingerprint density at radius 1 is 1.19 bits per heavy atom. The SMILES string of the molecule is O=C(CCc1nc(-c2ccco2)no1)NCC(c1ccco1)N1CCCC1. The fourth-order valence-electron chi connectivity index (χ4n) is 3.33. The van der Waals surface area contributed by atoms with Crippen LogP contribution < -0.4 is 5.32 Å². The van der Waals surface area contributed by atoms with E-state index < -0.39 is 0 Å². The molecule has 1 unspecified atom stereocenters. The van der Waals surface area contributed by atoms with Crippen molar-refractivity contribution in [3.8, 4) is 11.6 Å². The molecule has 0 aliphatic carbocycles. The average Bonchev–Trinajstić information content (AvgIpc) is 3.49. The number of hydrogen-bond acceptors (Lipinski definition) is 7. The second-order valence-corrected chi connectivity index (χ2v) is 6.57. The van der Waals surface area contributed by atoms with Crippen LogP contribution in [-0.2, 0) is 11.2 Å². The number of nitrogens with zero attached hydrogens (tertiary/aromatic N) is 3. The second-order valence-electron chi connectivity index (χ2n) is 6.57. The maximum Gasteiger partial charge on any atom is 0.238 e. The van der Waals surface area contributed by atoms with E-state index >= 15 is 0 Å². The lowest BCUT2D eigenvalue weighted by molar-refractivity contribution is -0.121. The largest absolute Gasteiger partial charge is 0.468 e. The Bertz CT molecular complexity index is 835. The third-order valence-corrected chi connectivity index (χ3v) is 4.72. The van der Waals surface area contributed by atoms with Gasteiger partial charge in [0.1, 0.15) is 5.76 Å². The molecule has 4 rings (SSSR count). The predicted molar refractivity (Wildman–Crippen MR) is 95.6 cm³/mol. The zero-order valence-corrected chi connectivity index (χ0v) is 15.0. The predicted octanol–water partition coefficient (Wildman–Crippen LogP) is 2.81. The molecule has 1 aliphatic rings. The number of amides is 1. The highest BCUT2D eigenvalue weighted by molar-refractivity contribution is 5.76. The molecule has 1 N–H and O–H groups in total. The van der Waals surface area contributed by atoms with E-state index in [1.807, 2.05) is 12.1 Å². The van der Waals surface area contributed by atoms with Gasteiger partial charge >= 0.3 is 0 Å². The van der Waals surface area contributed by atoms with Crippen LogP contribution in [0.15, 0.2) is 50.1 Å². The molecule has 0 aromatic carbocycles. The van der Waals surface area contributed by atoms with Gasteiger partial charge in [-0.2, -0.15) is 4.98 Å². The van der Waals surface area contributed by atoms with Crippen LogP contribution >= 0.6 is 0 Å². The summed E-state index contributed by atoms with van der Waals surface area (Å²) in [5.74, 6) is 2.18. The van der Waals surface area contributed by atoms with Gasteiger partial charge < -0.3 is 18.7 Å². The fourth-order valence-corrected chi connectivity index (χ4v) is 3.33. The molecule has 1 aliphatic heterocycles.